The summed E-state index contributed by atoms with van der Waals surface area (Å²) in [7, 11) is 1.94. The highest BCUT2D eigenvalue weighted by Gasteiger charge is 2.32. The third-order valence-corrected chi connectivity index (χ3v) is 5.15. The number of nitrogens with one attached hydrogen (secondary N) is 1. The summed E-state index contributed by atoms with van der Waals surface area (Å²) in [6, 6.07) is 16.7. The number of thiophene rings is 1. The maximum absolute atomic E-state index is 6.46. The summed E-state index contributed by atoms with van der Waals surface area (Å²) < 4.78 is 13.7. The Labute approximate surface area is 139 Å². The molecule has 1 aliphatic rings. The SMILES string of the molecule is CNC[C@H]1OCc2ccccc2[C@@H]1Oc1cccc2sccc12. The minimum absolute atomic E-state index is 0.00351. The quantitative estimate of drug-likeness (QED) is 0.782. The Morgan fingerprint density at radius 3 is 3.00 bits per heavy atom. The minimum atomic E-state index is -0.0992. The van der Waals surface area contributed by atoms with Crippen LogP contribution >= 0.6 is 11.3 Å². The highest BCUT2D eigenvalue weighted by atomic mass is 32.1. The molecule has 3 nitrogen and oxygen atoms in total. The van der Waals surface area contributed by atoms with Crippen molar-refractivity contribution >= 4 is 21.4 Å². The molecule has 0 saturated carbocycles. The summed E-state index contributed by atoms with van der Waals surface area (Å²) in [5.74, 6) is 0.926. The molecule has 118 valence electrons. The van der Waals surface area contributed by atoms with E-state index in [0.717, 1.165) is 12.3 Å². The molecule has 0 bridgehead atoms. The van der Waals surface area contributed by atoms with E-state index >= 15 is 0 Å². The lowest BCUT2D eigenvalue weighted by atomic mass is 9.96. The van der Waals surface area contributed by atoms with Gasteiger partial charge >= 0.3 is 0 Å². The van der Waals surface area contributed by atoms with Crippen LogP contribution in [0.2, 0.25) is 0 Å². The van der Waals surface area contributed by atoms with Crippen molar-refractivity contribution in [2.24, 2.45) is 0 Å². The number of rotatable bonds is 4. The monoisotopic (exact) mass is 325 g/mol. The molecule has 4 rings (SSSR count). The van der Waals surface area contributed by atoms with Crippen molar-refractivity contribution in [1.29, 1.82) is 0 Å². The van der Waals surface area contributed by atoms with Crippen LogP contribution in [0.4, 0.5) is 0 Å². The highest BCUT2D eigenvalue weighted by molar-refractivity contribution is 7.17. The van der Waals surface area contributed by atoms with Crippen molar-refractivity contribution in [2.75, 3.05) is 13.6 Å². The van der Waals surface area contributed by atoms with Crippen LogP contribution in [0.25, 0.3) is 10.1 Å². The van der Waals surface area contributed by atoms with Crippen molar-refractivity contribution in [2.45, 2.75) is 18.8 Å². The molecule has 0 aliphatic carbocycles. The predicted octanol–water partition coefficient (Wildman–Crippen LogP) is 4.14. The number of likely N-dealkylation sites (N-methyl/N-ethyl adjacent to an activating group) is 1. The van der Waals surface area contributed by atoms with Crippen molar-refractivity contribution < 1.29 is 9.47 Å². The Hall–Kier alpha value is -1.88. The zero-order valence-electron chi connectivity index (χ0n) is 13.0. The van der Waals surface area contributed by atoms with E-state index in [1.807, 2.05) is 13.1 Å². The molecule has 4 heteroatoms. The molecule has 1 N–H and O–H groups in total. The standard InChI is InChI=1S/C19H19NO2S/c1-20-11-17-19(14-6-3-2-5-13(14)12-21-17)22-16-7-4-8-18-15(16)9-10-23-18/h2-10,17,19-20H,11-12H2,1H3/t17-,19+/m1/s1. The van der Waals surface area contributed by atoms with E-state index in [1.165, 1.54) is 21.2 Å². The fourth-order valence-electron chi connectivity index (χ4n) is 3.14. The first-order chi connectivity index (χ1) is 11.4. The highest BCUT2D eigenvalue weighted by Crippen LogP contribution is 2.37. The normalized spacial score (nSPS) is 20.4. The predicted molar refractivity (Wildman–Crippen MR) is 94.1 cm³/mol. The van der Waals surface area contributed by atoms with Crippen LogP contribution in [-0.2, 0) is 11.3 Å². The number of hydrogen-bond acceptors (Lipinski definition) is 4. The lowest BCUT2D eigenvalue weighted by molar-refractivity contribution is -0.0492. The summed E-state index contributed by atoms with van der Waals surface area (Å²) in [5.41, 5.74) is 2.44. The average molecular weight is 325 g/mol. The van der Waals surface area contributed by atoms with Crippen LogP contribution in [0.15, 0.2) is 53.9 Å². The molecule has 0 fully saturated rings. The van der Waals surface area contributed by atoms with Gasteiger partial charge in [0.2, 0.25) is 0 Å². The first-order valence-electron chi connectivity index (χ1n) is 7.83. The van der Waals surface area contributed by atoms with Crippen molar-refractivity contribution in [3.63, 3.8) is 0 Å². The second-order valence-electron chi connectivity index (χ2n) is 5.73. The second-order valence-corrected chi connectivity index (χ2v) is 6.68. The average Bonchev–Trinajstić information content (AvgIpc) is 3.07. The van der Waals surface area contributed by atoms with E-state index in [-0.39, 0.29) is 12.2 Å². The van der Waals surface area contributed by atoms with Crippen molar-refractivity contribution in [3.05, 3.63) is 65.0 Å². The summed E-state index contributed by atoms with van der Waals surface area (Å²) in [5, 5.41) is 6.49. The Morgan fingerprint density at radius 1 is 1.17 bits per heavy atom. The zero-order chi connectivity index (χ0) is 15.6. The van der Waals surface area contributed by atoms with Crippen LogP contribution in [0.5, 0.6) is 5.75 Å². The molecule has 2 heterocycles. The molecule has 0 radical (unpaired) electrons. The lowest BCUT2D eigenvalue weighted by Crippen LogP contribution is -2.38. The Morgan fingerprint density at radius 2 is 2.09 bits per heavy atom. The fourth-order valence-corrected chi connectivity index (χ4v) is 3.94. The van der Waals surface area contributed by atoms with Gasteiger partial charge in [-0.3, -0.25) is 0 Å². The van der Waals surface area contributed by atoms with E-state index in [1.54, 1.807) is 11.3 Å². The molecule has 2 atom stereocenters. The number of fused-ring (bicyclic) bond motifs is 2. The number of hydrogen-bond donors (Lipinski definition) is 1. The van der Waals surface area contributed by atoms with E-state index in [2.05, 4.69) is 53.2 Å². The van der Waals surface area contributed by atoms with E-state index in [9.17, 15) is 0 Å². The van der Waals surface area contributed by atoms with Gasteiger partial charge in [-0.25, -0.2) is 0 Å². The van der Waals surface area contributed by atoms with Gasteiger partial charge in [0.05, 0.1) is 6.61 Å². The molecular formula is C19H19NO2S. The van der Waals surface area contributed by atoms with Crippen LogP contribution < -0.4 is 10.1 Å². The molecule has 1 aromatic heterocycles. The molecule has 0 amide bonds. The Kier molecular flexibility index (Phi) is 4.04. The molecule has 2 aromatic carbocycles. The first kappa shape index (κ1) is 14.7. The van der Waals surface area contributed by atoms with Crippen LogP contribution in [0.1, 0.15) is 17.2 Å². The fraction of sp³-hybridized carbons (Fsp3) is 0.263. The Balaban J connectivity index is 1.73. The number of benzene rings is 2. The topological polar surface area (TPSA) is 30.5 Å². The van der Waals surface area contributed by atoms with Gasteiger partial charge in [0.25, 0.3) is 0 Å². The smallest absolute Gasteiger partial charge is 0.151 e. The second kappa shape index (κ2) is 6.32. The van der Waals surface area contributed by atoms with Gasteiger partial charge in [-0.2, -0.15) is 0 Å². The van der Waals surface area contributed by atoms with E-state index < -0.39 is 0 Å². The molecule has 23 heavy (non-hydrogen) atoms. The van der Waals surface area contributed by atoms with Crippen LogP contribution in [0.3, 0.4) is 0 Å². The molecular weight excluding hydrogens is 306 g/mol. The maximum atomic E-state index is 6.46. The minimum Gasteiger partial charge on any atom is -0.482 e. The zero-order valence-corrected chi connectivity index (χ0v) is 13.8. The number of ether oxygens (including phenoxy) is 2. The molecule has 1 aliphatic heterocycles. The van der Waals surface area contributed by atoms with Gasteiger partial charge in [-0.15, -0.1) is 11.3 Å². The summed E-state index contributed by atoms with van der Waals surface area (Å²) in [4.78, 5) is 0. The molecule has 3 aromatic rings. The maximum Gasteiger partial charge on any atom is 0.151 e. The lowest BCUT2D eigenvalue weighted by Gasteiger charge is -2.34. The molecule has 0 spiro atoms. The molecule has 0 saturated heterocycles. The summed E-state index contributed by atoms with van der Waals surface area (Å²) >= 11 is 1.74. The van der Waals surface area contributed by atoms with Gasteiger partial charge < -0.3 is 14.8 Å². The third-order valence-electron chi connectivity index (χ3n) is 4.27. The van der Waals surface area contributed by atoms with Gasteiger partial charge in [-0.1, -0.05) is 30.3 Å². The van der Waals surface area contributed by atoms with Crippen LogP contribution in [0, 0.1) is 0 Å². The largest absolute Gasteiger partial charge is 0.482 e. The van der Waals surface area contributed by atoms with Crippen molar-refractivity contribution in [3.8, 4) is 5.75 Å². The summed E-state index contributed by atoms with van der Waals surface area (Å²) in [6.45, 7) is 1.41. The van der Waals surface area contributed by atoms with Gasteiger partial charge in [0.1, 0.15) is 11.9 Å². The van der Waals surface area contributed by atoms with Gasteiger partial charge in [0, 0.05) is 22.2 Å². The Bertz CT molecular complexity index is 814. The molecule has 0 unspecified atom stereocenters. The van der Waals surface area contributed by atoms with Gasteiger partial charge in [-0.05, 0) is 36.2 Å². The summed E-state index contributed by atoms with van der Waals surface area (Å²) in [6.07, 6.45) is -0.0957. The first-order valence-corrected chi connectivity index (χ1v) is 8.71. The van der Waals surface area contributed by atoms with E-state index in [4.69, 9.17) is 9.47 Å². The van der Waals surface area contributed by atoms with Gasteiger partial charge in [0.15, 0.2) is 6.10 Å². The van der Waals surface area contributed by atoms with Crippen LogP contribution in [-0.4, -0.2) is 19.7 Å². The van der Waals surface area contributed by atoms with E-state index in [0.29, 0.717) is 6.61 Å². The third kappa shape index (κ3) is 2.74. The van der Waals surface area contributed by atoms with Crippen molar-refractivity contribution in [1.82, 2.24) is 5.32 Å².